The number of nitrogens with one attached hydrogen (secondary N) is 3. The number of aromatic hydroxyl groups is 1. The van der Waals surface area contributed by atoms with Crippen LogP contribution in [-0.4, -0.2) is 113 Å². The van der Waals surface area contributed by atoms with Crippen molar-refractivity contribution in [3.63, 3.8) is 0 Å². The number of hydrazine groups is 1. The summed E-state index contributed by atoms with van der Waals surface area (Å²) in [7, 11) is 1.68. The van der Waals surface area contributed by atoms with Gasteiger partial charge in [0.25, 0.3) is 5.91 Å². The Bertz CT molecular complexity index is 1780. The van der Waals surface area contributed by atoms with Crippen LogP contribution in [0.3, 0.4) is 0 Å². The van der Waals surface area contributed by atoms with E-state index >= 15 is 0 Å². The van der Waals surface area contributed by atoms with Gasteiger partial charge in [0.2, 0.25) is 11.8 Å². The first-order valence-electron chi connectivity index (χ1n) is 22.9. The summed E-state index contributed by atoms with van der Waals surface area (Å²) in [5.41, 5.74) is 4.40. The molecule has 0 aromatic heterocycles. The zero-order valence-electron chi connectivity index (χ0n) is 39.9. The molecule has 1 saturated heterocycles. The molecule has 356 valence electrons. The first-order chi connectivity index (χ1) is 30.3. The number of hydrogen-bond donors (Lipinski definition) is 5. The molecule has 1 aromatic carbocycles. The van der Waals surface area contributed by atoms with Gasteiger partial charge in [-0.3, -0.25) is 24.2 Å². The molecular formula is C50H77N5O9. The van der Waals surface area contributed by atoms with Crippen LogP contribution >= 0.6 is 0 Å². The summed E-state index contributed by atoms with van der Waals surface area (Å²) in [5, 5.41) is 28.1. The predicted octanol–water partition coefficient (Wildman–Crippen LogP) is 5.79. The normalized spacial score (nSPS) is 17.8. The molecule has 14 heteroatoms. The Balaban J connectivity index is 2.31. The van der Waals surface area contributed by atoms with E-state index in [4.69, 9.17) is 4.74 Å². The summed E-state index contributed by atoms with van der Waals surface area (Å²) in [6.45, 7) is 18.8. The maximum absolute atomic E-state index is 14.2. The number of hydrogen-bond acceptors (Lipinski definition) is 11. The van der Waals surface area contributed by atoms with Crippen molar-refractivity contribution >= 4 is 35.8 Å². The van der Waals surface area contributed by atoms with Gasteiger partial charge >= 0.3 is 5.97 Å². The fraction of sp³-hybridized carbons (Fsp3) is 0.600. The molecule has 1 aromatic rings. The minimum atomic E-state index is -1.00. The highest BCUT2D eigenvalue weighted by Gasteiger charge is 2.35. The lowest BCUT2D eigenvalue weighted by atomic mass is 9.87. The number of nitrogens with zero attached hydrogens (tertiary/aromatic N) is 2. The topological polar surface area (TPSA) is 195 Å². The van der Waals surface area contributed by atoms with E-state index in [-0.39, 0.29) is 48.0 Å². The van der Waals surface area contributed by atoms with Crippen molar-refractivity contribution in [1.82, 2.24) is 26.0 Å². The van der Waals surface area contributed by atoms with E-state index in [0.29, 0.717) is 81.0 Å². The van der Waals surface area contributed by atoms with Crippen LogP contribution in [-0.2, 0) is 39.9 Å². The first kappa shape index (κ1) is 55.2. The monoisotopic (exact) mass is 892 g/mol. The molecule has 2 rings (SSSR count). The minimum absolute atomic E-state index is 0.0319. The Morgan fingerprint density at radius 2 is 1.62 bits per heavy atom. The lowest BCUT2D eigenvalue weighted by molar-refractivity contribution is -0.156. The minimum Gasteiger partial charge on any atom is -0.508 e. The van der Waals surface area contributed by atoms with Gasteiger partial charge in [-0.15, -0.1) is 0 Å². The Morgan fingerprint density at radius 3 is 2.20 bits per heavy atom. The van der Waals surface area contributed by atoms with Crippen molar-refractivity contribution in [1.29, 1.82) is 0 Å². The van der Waals surface area contributed by atoms with Crippen LogP contribution in [0.15, 0.2) is 72.4 Å². The molecule has 0 saturated carbocycles. The average Bonchev–Trinajstić information content (AvgIpc) is 3.23. The zero-order chi connectivity index (χ0) is 47.9. The maximum Gasteiger partial charge on any atom is 0.325 e. The molecule has 1 heterocycles. The molecule has 0 spiro atoms. The number of ketones is 1. The van der Waals surface area contributed by atoms with Gasteiger partial charge in [0.15, 0.2) is 0 Å². The number of aliphatic hydroxyl groups excluding tert-OH is 1. The number of benzene rings is 1. The van der Waals surface area contributed by atoms with E-state index in [1.807, 2.05) is 56.9 Å². The maximum atomic E-state index is 14.2. The fourth-order valence-electron chi connectivity index (χ4n) is 7.53. The van der Waals surface area contributed by atoms with Crippen LogP contribution in [0.25, 0.3) is 0 Å². The van der Waals surface area contributed by atoms with E-state index in [1.165, 1.54) is 24.1 Å². The average molecular weight is 892 g/mol. The number of aldehydes is 1. The number of amides is 3. The molecule has 0 bridgehead atoms. The van der Waals surface area contributed by atoms with Crippen molar-refractivity contribution in [2.45, 2.75) is 138 Å². The number of carbonyl (C=O) groups excluding carboxylic acids is 6. The number of carbonyl (C=O) groups is 6. The number of phenols is 1. The molecule has 5 N–H and O–H groups in total. The number of aliphatic hydroxyl groups is 1. The van der Waals surface area contributed by atoms with Gasteiger partial charge in [-0.1, -0.05) is 97.1 Å². The highest BCUT2D eigenvalue weighted by Crippen LogP contribution is 2.21. The third-order valence-corrected chi connectivity index (χ3v) is 11.1. The quantitative estimate of drug-likeness (QED) is 0.0311. The van der Waals surface area contributed by atoms with Crippen molar-refractivity contribution in [2.24, 2.45) is 29.6 Å². The van der Waals surface area contributed by atoms with Crippen molar-refractivity contribution in [3.05, 3.63) is 77.9 Å². The van der Waals surface area contributed by atoms with E-state index in [1.54, 1.807) is 37.4 Å². The second-order valence-corrected chi connectivity index (χ2v) is 18.3. The van der Waals surface area contributed by atoms with Crippen LogP contribution in [0.2, 0.25) is 0 Å². The molecule has 1 aliphatic heterocycles. The molecule has 6 unspecified atom stereocenters. The molecule has 1 aliphatic rings. The summed E-state index contributed by atoms with van der Waals surface area (Å²) in [6.07, 6.45) is 13.7. The molecule has 14 nitrogen and oxygen atoms in total. The van der Waals surface area contributed by atoms with Crippen LogP contribution in [0.1, 0.15) is 106 Å². The second kappa shape index (κ2) is 28.8. The summed E-state index contributed by atoms with van der Waals surface area (Å²) in [5.74, 6) is -1.76. The molecular weight excluding hydrogens is 815 g/mol. The van der Waals surface area contributed by atoms with Crippen molar-refractivity contribution in [3.8, 4) is 5.75 Å². The lowest BCUT2D eigenvalue weighted by Gasteiger charge is -2.36. The van der Waals surface area contributed by atoms with E-state index in [2.05, 4.69) is 43.8 Å². The molecule has 7 atom stereocenters. The SMILES string of the molecule is CNC(C(=O)NC(Cc1cccc(O)c1)C(=O)N1CCCC(C(=O)O[C@@H](C/C=C/C=C/CC(C)C(O)C(C=O)CCC(C)=O)/C(C)=C/C=C/C(=O)N(CC(C)C)CC(C)C)N1)C(C)C. The molecule has 64 heavy (non-hydrogen) atoms. The van der Waals surface area contributed by atoms with Gasteiger partial charge in [-0.2, -0.15) is 0 Å². The van der Waals surface area contributed by atoms with Gasteiger partial charge in [-0.05, 0) is 93.5 Å². The Hall–Kier alpha value is -4.92. The van der Waals surface area contributed by atoms with Gasteiger partial charge in [0, 0.05) is 50.9 Å². The summed E-state index contributed by atoms with van der Waals surface area (Å²) < 4.78 is 6.14. The predicted molar refractivity (Wildman–Crippen MR) is 250 cm³/mol. The van der Waals surface area contributed by atoms with Gasteiger partial charge < -0.3 is 40.1 Å². The lowest BCUT2D eigenvalue weighted by Crippen LogP contribution is -2.61. The number of esters is 1. The van der Waals surface area contributed by atoms with E-state index < -0.39 is 48.1 Å². The standard InChI is InChI=1S/C50H77N5O9/c1-33(2)30-54(31-34(3)4)45(59)24-15-19-36(7)44(23-14-12-11-13-18-37(8)47(60)40(32-56)26-25-38(9)57)64-50(63)42-22-17-27-55(53-42)49(62)43(29-39-20-16-21-41(58)28-39)52-48(61)46(51-10)35(5)6/h11-16,19-21,24,28,32-35,37,40,42-44,46-47,51,53,58,60H,17-18,22-23,25-27,29-31H2,1-10H3,(H,52,61)/b13-11+,14-12+,24-15+,36-19+/t37?,40?,42?,43?,44-,46?,47?/m0/s1. The van der Waals surface area contributed by atoms with Gasteiger partial charge in [0.05, 0.1) is 12.1 Å². The van der Waals surface area contributed by atoms with Gasteiger partial charge in [-0.25, -0.2) is 5.43 Å². The summed E-state index contributed by atoms with van der Waals surface area (Å²) in [6, 6.07) is 4.08. The summed E-state index contributed by atoms with van der Waals surface area (Å²) in [4.78, 5) is 79.5. The molecule has 0 aliphatic carbocycles. The second-order valence-electron chi connectivity index (χ2n) is 18.3. The Kier molecular flexibility index (Phi) is 24.8. The van der Waals surface area contributed by atoms with Crippen LogP contribution < -0.4 is 16.1 Å². The largest absolute Gasteiger partial charge is 0.508 e. The third-order valence-electron chi connectivity index (χ3n) is 11.1. The number of phenolic OH excluding ortho intramolecular Hbond substituents is 1. The fourth-order valence-corrected chi connectivity index (χ4v) is 7.53. The van der Waals surface area contributed by atoms with Crippen LogP contribution in [0.4, 0.5) is 0 Å². The van der Waals surface area contributed by atoms with Crippen molar-refractivity contribution < 1.29 is 43.7 Å². The number of Topliss-reactive ketones (excluding diaryl/α,β-unsaturated/α-hetero) is 1. The Morgan fingerprint density at radius 1 is 0.969 bits per heavy atom. The van der Waals surface area contributed by atoms with E-state index in [9.17, 15) is 39.0 Å². The number of ether oxygens (including phenoxy) is 1. The first-order valence-corrected chi connectivity index (χ1v) is 22.9. The van der Waals surface area contributed by atoms with Crippen molar-refractivity contribution in [2.75, 3.05) is 26.7 Å². The molecule has 0 radical (unpaired) electrons. The number of allylic oxidation sites excluding steroid dienone is 5. The number of likely N-dealkylation sites (N-methyl/N-ethyl adjacent to an activating group) is 1. The molecule has 1 fully saturated rings. The highest BCUT2D eigenvalue weighted by atomic mass is 16.5. The van der Waals surface area contributed by atoms with Gasteiger partial charge in [0.1, 0.15) is 36.0 Å². The Labute approximate surface area is 382 Å². The smallest absolute Gasteiger partial charge is 0.325 e. The zero-order valence-corrected chi connectivity index (χ0v) is 39.9. The molecule has 3 amide bonds. The van der Waals surface area contributed by atoms with E-state index in [0.717, 1.165) is 0 Å². The summed E-state index contributed by atoms with van der Waals surface area (Å²) >= 11 is 0. The third kappa shape index (κ3) is 19.9. The van der Waals surface area contributed by atoms with Crippen LogP contribution in [0, 0.1) is 29.6 Å². The highest BCUT2D eigenvalue weighted by molar-refractivity contribution is 5.90. The number of rotatable bonds is 27. The van der Waals surface area contributed by atoms with Crippen LogP contribution in [0.5, 0.6) is 5.75 Å².